The number of hydrogen-bond acceptors (Lipinski definition) is 0. The van der Waals surface area contributed by atoms with Gasteiger partial charge in [-0.25, -0.2) is 0 Å². The molecule has 0 spiro atoms. The van der Waals surface area contributed by atoms with Crippen LogP contribution < -0.4 is 0 Å². The Morgan fingerprint density at radius 3 is 1.87 bits per heavy atom. The standard InChI is InChI=1S/C14H13Br/c1-11(15)12-7-9-14(10-8-12)13-5-3-2-4-6-13/h2-11H,1H3/t11-/m0/s1. The summed E-state index contributed by atoms with van der Waals surface area (Å²) < 4.78 is 0. The van der Waals surface area contributed by atoms with Gasteiger partial charge in [-0.2, -0.15) is 0 Å². The van der Waals surface area contributed by atoms with E-state index in [1.165, 1.54) is 16.7 Å². The van der Waals surface area contributed by atoms with Gasteiger partial charge in [0.05, 0.1) is 0 Å². The molecule has 0 saturated carbocycles. The highest BCUT2D eigenvalue weighted by molar-refractivity contribution is 9.09. The Bertz CT molecular complexity index is 415. The van der Waals surface area contributed by atoms with Crippen LogP contribution in [0.4, 0.5) is 0 Å². The molecule has 2 rings (SSSR count). The molecule has 0 unspecified atom stereocenters. The first kappa shape index (κ1) is 10.4. The Balaban J connectivity index is 2.32. The van der Waals surface area contributed by atoms with Gasteiger partial charge < -0.3 is 0 Å². The Hall–Kier alpha value is -1.08. The summed E-state index contributed by atoms with van der Waals surface area (Å²) in [4.78, 5) is 0.419. The van der Waals surface area contributed by atoms with E-state index in [0.717, 1.165) is 0 Å². The van der Waals surface area contributed by atoms with Crippen molar-refractivity contribution in [2.45, 2.75) is 11.8 Å². The summed E-state index contributed by atoms with van der Waals surface area (Å²) in [5.74, 6) is 0. The fourth-order valence-electron chi connectivity index (χ4n) is 1.57. The summed E-state index contributed by atoms with van der Waals surface area (Å²) in [6, 6.07) is 19.1. The molecule has 0 fully saturated rings. The molecular formula is C14H13Br. The molecule has 2 aromatic carbocycles. The molecule has 1 atom stereocenters. The largest absolute Gasteiger partial charge is 0.0842 e. The topological polar surface area (TPSA) is 0 Å². The van der Waals surface area contributed by atoms with Gasteiger partial charge in [0.15, 0.2) is 0 Å². The summed E-state index contributed by atoms with van der Waals surface area (Å²) in [6.45, 7) is 2.14. The van der Waals surface area contributed by atoms with E-state index in [0.29, 0.717) is 4.83 Å². The lowest BCUT2D eigenvalue weighted by Crippen LogP contribution is -1.83. The molecule has 0 aromatic heterocycles. The molecular weight excluding hydrogens is 248 g/mol. The van der Waals surface area contributed by atoms with Gasteiger partial charge in [-0.15, -0.1) is 0 Å². The molecule has 0 bridgehead atoms. The monoisotopic (exact) mass is 260 g/mol. The van der Waals surface area contributed by atoms with Crippen LogP contribution in [0, 0.1) is 0 Å². The van der Waals surface area contributed by atoms with E-state index in [2.05, 4.69) is 71.4 Å². The maximum atomic E-state index is 3.56. The van der Waals surface area contributed by atoms with Gasteiger partial charge in [0.2, 0.25) is 0 Å². The molecule has 0 N–H and O–H groups in total. The van der Waals surface area contributed by atoms with Gasteiger partial charge >= 0.3 is 0 Å². The highest BCUT2D eigenvalue weighted by Gasteiger charge is 2.00. The van der Waals surface area contributed by atoms with Crippen LogP contribution in [0.2, 0.25) is 0 Å². The van der Waals surface area contributed by atoms with Gasteiger partial charge in [0, 0.05) is 4.83 Å². The first-order chi connectivity index (χ1) is 7.27. The lowest BCUT2D eigenvalue weighted by molar-refractivity contribution is 1.12. The molecule has 1 heteroatoms. The summed E-state index contributed by atoms with van der Waals surface area (Å²) in [7, 11) is 0. The normalized spacial score (nSPS) is 12.4. The molecule has 0 heterocycles. The smallest absolute Gasteiger partial charge is 0.0367 e. The zero-order chi connectivity index (χ0) is 10.7. The van der Waals surface area contributed by atoms with Crippen molar-refractivity contribution in [2.24, 2.45) is 0 Å². The lowest BCUT2D eigenvalue weighted by Gasteiger charge is -2.05. The Morgan fingerprint density at radius 1 is 0.800 bits per heavy atom. The van der Waals surface area contributed by atoms with Crippen LogP contribution >= 0.6 is 15.9 Å². The van der Waals surface area contributed by atoms with Crippen molar-refractivity contribution in [3.8, 4) is 11.1 Å². The second kappa shape index (κ2) is 4.63. The number of hydrogen-bond donors (Lipinski definition) is 0. The number of rotatable bonds is 2. The second-order valence-corrected chi connectivity index (χ2v) is 4.98. The molecule has 15 heavy (non-hydrogen) atoms. The minimum absolute atomic E-state index is 0.419. The van der Waals surface area contributed by atoms with Gasteiger partial charge in [-0.05, 0) is 23.6 Å². The molecule has 0 aliphatic rings. The predicted molar refractivity (Wildman–Crippen MR) is 69.2 cm³/mol. The van der Waals surface area contributed by atoms with Gasteiger partial charge in [0.25, 0.3) is 0 Å². The molecule has 76 valence electrons. The highest BCUT2D eigenvalue weighted by atomic mass is 79.9. The van der Waals surface area contributed by atoms with Crippen LogP contribution in [0.25, 0.3) is 11.1 Å². The number of alkyl halides is 1. The second-order valence-electron chi connectivity index (χ2n) is 3.60. The molecule has 0 amide bonds. The van der Waals surface area contributed by atoms with E-state index in [-0.39, 0.29) is 0 Å². The number of halogens is 1. The maximum Gasteiger partial charge on any atom is 0.0367 e. The predicted octanol–water partition coefficient (Wildman–Crippen LogP) is 4.81. The summed E-state index contributed by atoms with van der Waals surface area (Å²) in [5, 5.41) is 0. The zero-order valence-electron chi connectivity index (χ0n) is 8.65. The number of benzene rings is 2. The fraction of sp³-hybridized carbons (Fsp3) is 0.143. The average molecular weight is 261 g/mol. The van der Waals surface area contributed by atoms with Crippen molar-refractivity contribution < 1.29 is 0 Å². The van der Waals surface area contributed by atoms with E-state index in [9.17, 15) is 0 Å². The third kappa shape index (κ3) is 2.48. The van der Waals surface area contributed by atoms with Crippen LogP contribution in [0.15, 0.2) is 54.6 Å². The van der Waals surface area contributed by atoms with Crippen molar-refractivity contribution in [2.75, 3.05) is 0 Å². The minimum Gasteiger partial charge on any atom is -0.0842 e. The molecule has 0 saturated heterocycles. The van der Waals surface area contributed by atoms with E-state index in [1.807, 2.05) is 6.07 Å². The van der Waals surface area contributed by atoms with E-state index >= 15 is 0 Å². The fourth-order valence-corrected chi connectivity index (χ4v) is 1.88. The van der Waals surface area contributed by atoms with Crippen LogP contribution in [0.3, 0.4) is 0 Å². The Kier molecular flexibility index (Phi) is 3.22. The van der Waals surface area contributed by atoms with Crippen molar-refractivity contribution in [1.29, 1.82) is 0 Å². The highest BCUT2D eigenvalue weighted by Crippen LogP contribution is 2.25. The molecule has 0 radical (unpaired) electrons. The molecule has 0 nitrogen and oxygen atoms in total. The van der Waals surface area contributed by atoms with E-state index < -0.39 is 0 Å². The Labute approximate surface area is 99.1 Å². The zero-order valence-corrected chi connectivity index (χ0v) is 10.2. The summed E-state index contributed by atoms with van der Waals surface area (Å²) >= 11 is 3.56. The quantitative estimate of drug-likeness (QED) is 0.680. The minimum atomic E-state index is 0.419. The van der Waals surface area contributed by atoms with Gasteiger partial charge in [-0.3, -0.25) is 0 Å². The molecule has 0 aliphatic carbocycles. The van der Waals surface area contributed by atoms with E-state index in [4.69, 9.17) is 0 Å². The van der Waals surface area contributed by atoms with Crippen molar-refractivity contribution in [1.82, 2.24) is 0 Å². The third-order valence-corrected chi connectivity index (χ3v) is 3.01. The van der Waals surface area contributed by atoms with Crippen molar-refractivity contribution in [3.63, 3.8) is 0 Å². The van der Waals surface area contributed by atoms with E-state index in [1.54, 1.807) is 0 Å². The van der Waals surface area contributed by atoms with Crippen molar-refractivity contribution >= 4 is 15.9 Å². The van der Waals surface area contributed by atoms with Gasteiger partial charge in [0.1, 0.15) is 0 Å². The summed E-state index contributed by atoms with van der Waals surface area (Å²) in [5.41, 5.74) is 3.86. The van der Waals surface area contributed by atoms with Crippen LogP contribution in [-0.2, 0) is 0 Å². The Morgan fingerprint density at radius 2 is 1.33 bits per heavy atom. The van der Waals surface area contributed by atoms with Crippen LogP contribution in [-0.4, -0.2) is 0 Å². The van der Waals surface area contributed by atoms with Gasteiger partial charge in [-0.1, -0.05) is 70.5 Å². The maximum absolute atomic E-state index is 3.56. The van der Waals surface area contributed by atoms with Crippen LogP contribution in [0.5, 0.6) is 0 Å². The third-order valence-electron chi connectivity index (χ3n) is 2.48. The first-order valence-corrected chi connectivity index (χ1v) is 5.98. The molecule has 2 aromatic rings. The lowest BCUT2D eigenvalue weighted by atomic mass is 10.0. The van der Waals surface area contributed by atoms with Crippen LogP contribution in [0.1, 0.15) is 17.3 Å². The molecule has 0 aliphatic heterocycles. The SMILES string of the molecule is C[C@H](Br)c1ccc(-c2ccccc2)cc1. The first-order valence-electron chi connectivity index (χ1n) is 5.07. The average Bonchev–Trinajstić information content (AvgIpc) is 2.30. The summed E-state index contributed by atoms with van der Waals surface area (Å²) in [6.07, 6.45) is 0. The van der Waals surface area contributed by atoms with Crippen molar-refractivity contribution in [3.05, 3.63) is 60.2 Å².